The lowest BCUT2D eigenvalue weighted by molar-refractivity contribution is -0.123. The largest absolute Gasteiger partial charge is 0.377 e. The van der Waals surface area contributed by atoms with E-state index in [2.05, 4.69) is 10.0 Å². The SMILES string of the molecule is CN(C)c1ccc(S(=O)(=O)Nc2ccc(NC(=O)C(C)(C)C)cc2)c2ccccc12. The number of carbonyl (C=O) groups is 1. The molecule has 3 aromatic carbocycles. The van der Waals surface area contributed by atoms with Gasteiger partial charge in [0.1, 0.15) is 0 Å². The maximum atomic E-state index is 13.1. The van der Waals surface area contributed by atoms with Gasteiger partial charge in [-0.25, -0.2) is 8.42 Å². The van der Waals surface area contributed by atoms with Crippen LogP contribution in [0.4, 0.5) is 17.1 Å². The Bertz CT molecular complexity index is 1180. The minimum absolute atomic E-state index is 0.108. The van der Waals surface area contributed by atoms with Crippen LogP contribution in [-0.2, 0) is 14.8 Å². The smallest absolute Gasteiger partial charge is 0.262 e. The average Bonchev–Trinajstić information content (AvgIpc) is 2.67. The van der Waals surface area contributed by atoms with E-state index in [4.69, 9.17) is 0 Å². The van der Waals surface area contributed by atoms with Crippen molar-refractivity contribution >= 4 is 43.8 Å². The van der Waals surface area contributed by atoms with E-state index in [-0.39, 0.29) is 10.8 Å². The van der Waals surface area contributed by atoms with Crippen LogP contribution in [0.25, 0.3) is 10.8 Å². The van der Waals surface area contributed by atoms with Gasteiger partial charge in [-0.15, -0.1) is 0 Å². The lowest BCUT2D eigenvalue weighted by Gasteiger charge is -2.18. The van der Waals surface area contributed by atoms with Crippen molar-refractivity contribution in [3.8, 4) is 0 Å². The molecule has 0 aliphatic carbocycles. The van der Waals surface area contributed by atoms with Crippen molar-refractivity contribution in [2.75, 3.05) is 29.0 Å². The highest BCUT2D eigenvalue weighted by Crippen LogP contribution is 2.32. The Morgan fingerprint density at radius 2 is 1.40 bits per heavy atom. The Hall–Kier alpha value is -3.06. The van der Waals surface area contributed by atoms with Crippen LogP contribution in [0, 0.1) is 5.41 Å². The van der Waals surface area contributed by atoms with Crippen molar-refractivity contribution < 1.29 is 13.2 Å². The topological polar surface area (TPSA) is 78.5 Å². The van der Waals surface area contributed by atoms with E-state index in [0.29, 0.717) is 16.8 Å². The van der Waals surface area contributed by atoms with Gasteiger partial charge in [-0.3, -0.25) is 9.52 Å². The molecule has 6 nitrogen and oxygen atoms in total. The van der Waals surface area contributed by atoms with Crippen molar-refractivity contribution in [3.05, 3.63) is 60.7 Å². The van der Waals surface area contributed by atoms with Crippen LogP contribution in [0.3, 0.4) is 0 Å². The first-order valence-electron chi connectivity index (χ1n) is 9.62. The maximum absolute atomic E-state index is 13.1. The van der Waals surface area contributed by atoms with Crippen LogP contribution in [0.5, 0.6) is 0 Å². The van der Waals surface area contributed by atoms with E-state index in [1.54, 1.807) is 30.3 Å². The summed E-state index contributed by atoms with van der Waals surface area (Å²) in [5, 5.41) is 4.35. The monoisotopic (exact) mass is 425 g/mol. The van der Waals surface area contributed by atoms with Crippen LogP contribution in [0.1, 0.15) is 20.8 Å². The molecule has 0 saturated heterocycles. The molecule has 0 fully saturated rings. The molecule has 3 rings (SSSR count). The van der Waals surface area contributed by atoms with Crippen LogP contribution >= 0.6 is 0 Å². The first-order valence-corrected chi connectivity index (χ1v) is 11.1. The Kier molecular flexibility index (Phi) is 5.76. The zero-order valence-corrected chi connectivity index (χ0v) is 18.7. The molecule has 7 heteroatoms. The van der Waals surface area contributed by atoms with Gasteiger partial charge in [0, 0.05) is 47.3 Å². The molecule has 2 N–H and O–H groups in total. The van der Waals surface area contributed by atoms with Gasteiger partial charge in [0.05, 0.1) is 4.90 Å². The number of anilines is 3. The fraction of sp³-hybridized carbons (Fsp3) is 0.261. The molecule has 0 aromatic heterocycles. The number of nitrogens with zero attached hydrogens (tertiary/aromatic N) is 1. The van der Waals surface area contributed by atoms with Crippen molar-refractivity contribution in [1.29, 1.82) is 0 Å². The second-order valence-corrected chi connectivity index (χ2v) is 10.1. The predicted octanol–water partition coefficient (Wildman–Crippen LogP) is 4.69. The highest BCUT2D eigenvalue weighted by atomic mass is 32.2. The molecule has 0 atom stereocenters. The van der Waals surface area contributed by atoms with Crippen LogP contribution in [0.2, 0.25) is 0 Å². The summed E-state index contributed by atoms with van der Waals surface area (Å²) in [6, 6.07) is 17.5. The Balaban J connectivity index is 1.89. The molecule has 158 valence electrons. The van der Waals surface area contributed by atoms with Gasteiger partial charge in [-0.2, -0.15) is 0 Å². The van der Waals surface area contributed by atoms with E-state index >= 15 is 0 Å². The molecule has 0 heterocycles. The zero-order chi connectivity index (χ0) is 22.1. The molecular weight excluding hydrogens is 398 g/mol. The number of hydrogen-bond acceptors (Lipinski definition) is 4. The number of hydrogen-bond donors (Lipinski definition) is 2. The number of rotatable bonds is 5. The summed E-state index contributed by atoms with van der Waals surface area (Å²) < 4.78 is 28.8. The molecule has 0 radical (unpaired) electrons. The van der Waals surface area contributed by atoms with Crippen molar-refractivity contribution in [1.82, 2.24) is 0 Å². The summed E-state index contributed by atoms with van der Waals surface area (Å²) in [6.07, 6.45) is 0. The molecule has 0 spiro atoms. The Labute approximate surface area is 178 Å². The maximum Gasteiger partial charge on any atom is 0.262 e. The summed E-state index contributed by atoms with van der Waals surface area (Å²) in [7, 11) is 0.0522. The van der Waals surface area contributed by atoms with E-state index < -0.39 is 15.4 Å². The molecule has 30 heavy (non-hydrogen) atoms. The first-order chi connectivity index (χ1) is 14.0. The molecule has 0 aliphatic heterocycles. The van der Waals surface area contributed by atoms with Gasteiger partial charge in [0.15, 0.2) is 0 Å². The number of benzene rings is 3. The van der Waals surface area contributed by atoms with Crippen molar-refractivity contribution in [3.63, 3.8) is 0 Å². The molecule has 0 aliphatic rings. The third kappa shape index (κ3) is 4.57. The van der Waals surface area contributed by atoms with E-state index in [0.717, 1.165) is 11.1 Å². The Morgan fingerprint density at radius 3 is 1.97 bits per heavy atom. The lowest BCUT2D eigenvalue weighted by Crippen LogP contribution is -2.27. The van der Waals surface area contributed by atoms with Crippen LogP contribution < -0.4 is 14.9 Å². The minimum atomic E-state index is -3.80. The molecule has 0 bridgehead atoms. The fourth-order valence-electron chi connectivity index (χ4n) is 3.03. The highest BCUT2D eigenvalue weighted by Gasteiger charge is 2.22. The standard InChI is InChI=1S/C23H27N3O3S/c1-23(2,3)22(27)24-16-10-12-17(13-11-16)25-30(28,29)21-15-14-20(26(4)5)18-8-6-7-9-19(18)21/h6-15,25H,1-5H3,(H,24,27). The third-order valence-corrected chi connectivity index (χ3v) is 6.15. The minimum Gasteiger partial charge on any atom is -0.377 e. The quantitative estimate of drug-likeness (QED) is 0.622. The summed E-state index contributed by atoms with van der Waals surface area (Å²) >= 11 is 0. The van der Waals surface area contributed by atoms with Gasteiger partial charge >= 0.3 is 0 Å². The van der Waals surface area contributed by atoms with Crippen molar-refractivity contribution in [2.45, 2.75) is 25.7 Å². The molecule has 1 amide bonds. The molecule has 0 unspecified atom stereocenters. The van der Waals surface area contributed by atoms with Crippen molar-refractivity contribution in [2.24, 2.45) is 5.41 Å². The lowest BCUT2D eigenvalue weighted by atomic mass is 9.95. The zero-order valence-electron chi connectivity index (χ0n) is 17.9. The average molecular weight is 426 g/mol. The van der Waals surface area contributed by atoms with Gasteiger partial charge in [0.2, 0.25) is 5.91 Å². The number of amides is 1. The second kappa shape index (κ2) is 7.99. The normalized spacial score (nSPS) is 11.9. The second-order valence-electron chi connectivity index (χ2n) is 8.41. The third-order valence-electron chi connectivity index (χ3n) is 4.71. The fourth-order valence-corrected chi connectivity index (χ4v) is 4.30. The van der Waals surface area contributed by atoms with Crippen LogP contribution in [-0.4, -0.2) is 28.4 Å². The Morgan fingerprint density at radius 1 is 0.833 bits per heavy atom. The summed E-state index contributed by atoms with van der Waals surface area (Å²) in [6.45, 7) is 5.49. The van der Waals surface area contributed by atoms with Gasteiger partial charge < -0.3 is 10.2 Å². The van der Waals surface area contributed by atoms with Gasteiger partial charge in [0.25, 0.3) is 10.0 Å². The summed E-state index contributed by atoms with van der Waals surface area (Å²) in [4.78, 5) is 14.3. The highest BCUT2D eigenvalue weighted by molar-refractivity contribution is 7.93. The van der Waals surface area contributed by atoms with Crippen LogP contribution in [0.15, 0.2) is 65.6 Å². The first kappa shape index (κ1) is 21.6. The summed E-state index contributed by atoms with van der Waals surface area (Å²) in [5.74, 6) is -0.108. The van der Waals surface area contributed by atoms with E-state index in [1.807, 2.05) is 70.1 Å². The molecular formula is C23H27N3O3S. The number of fused-ring (bicyclic) bond motifs is 1. The number of carbonyl (C=O) groups excluding carboxylic acids is 1. The number of nitrogens with one attached hydrogen (secondary N) is 2. The number of sulfonamides is 1. The summed E-state index contributed by atoms with van der Waals surface area (Å²) in [5.41, 5.74) is 1.46. The van der Waals surface area contributed by atoms with E-state index in [9.17, 15) is 13.2 Å². The van der Waals surface area contributed by atoms with E-state index in [1.165, 1.54) is 0 Å². The van der Waals surface area contributed by atoms with Gasteiger partial charge in [-0.05, 0) is 36.4 Å². The molecule has 0 saturated carbocycles. The molecule has 3 aromatic rings. The predicted molar refractivity (Wildman–Crippen MR) is 124 cm³/mol. The van der Waals surface area contributed by atoms with Gasteiger partial charge in [-0.1, -0.05) is 45.0 Å².